The van der Waals surface area contributed by atoms with Gasteiger partial charge in [0.05, 0.1) is 12.5 Å². The second-order valence-electron chi connectivity index (χ2n) is 3.85. The predicted octanol–water partition coefficient (Wildman–Crippen LogP) is 1.97. The fourth-order valence-corrected chi connectivity index (χ4v) is 2.40. The lowest BCUT2D eigenvalue weighted by atomic mass is 10.0. The lowest BCUT2D eigenvalue weighted by molar-refractivity contribution is -0.117. The first-order valence-corrected chi connectivity index (χ1v) is 5.98. The van der Waals surface area contributed by atoms with Crippen LogP contribution in [0.5, 0.6) is 0 Å². The molecule has 17 heavy (non-hydrogen) atoms. The van der Waals surface area contributed by atoms with Crippen molar-refractivity contribution in [1.29, 1.82) is 0 Å². The van der Waals surface area contributed by atoms with Crippen LogP contribution < -0.4 is 5.32 Å². The van der Waals surface area contributed by atoms with Crippen LogP contribution >= 0.6 is 15.9 Å². The van der Waals surface area contributed by atoms with Gasteiger partial charge in [-0.1, -0.05) is 28.1 Å². The molecule has 5 nitrogen and oxygen atoms in total. The first-order valence-electron chi connectivity index (χ1n) is 5.19. The first-order chi connectivity index (χ1) is 8.24. The molecule has 0 saturated carbocycles. The van der Waals surface area contributed by atoms with E-state index in [0.717, 1.165) is 10.0 Å². The lowest BCUT2D eigenvalue weighted by Crippen LogP contribution is -2.29. The van der Waals surface area contributed by atoms with Gasteiger partial charge in [-0.2, -0.15) is 10.1 Å². The van der Waals surface area contributed by atoms with Crippen molar-refractivity contribution in [2.24, 2.45) is 0 Å². The lowest BCUT2D eigenvalue weighted by Gasteiger charge is -2.23. The largest absolute Gasteiger partial charge is 0.295 e. The highest BCUT2D eigenvalue weighted by molar-refractivity contribution is 9.10. The van der Waals surface area contributed by atoms with Crippen molar-refractivity contribution in [2.75, 3.05) is 5.32 Å². The molecule has 1 aromatic heterocycles. The second kappa shape index (κ2) is 3.96. The first kappa shape index (κ1) is 10.5. The normalized spacial score (nSPS) is 18.6. The topological polar surface area (TPSA) is 59.8 Å². The number of carbonyl (C=O) groups is 1. The molecule has 86 valence electrons. The molecule has 0 saturated heterocycles. The highest BCUT2D eigenvalue weighted by Gasteiger charge is 2.27. The summed E-state index contributed by atoms with van der Waals surface area (Å²) in [6, 6.07) is 7.80. The Bertz CT molecular complexity index is 580. The van der Waals surface area contributed by atoms with E-state index in [2.05, 4.69) is 31.3 Å². The van der Waals surface area contributed by atoms with Crippen LogP contribution in [-0.2, 0) is 4.79 Å². The third kappa shape index (κ3) is 1.84. The number of nitrogens with one attached hydrogen (secondary N) is 1. The van der Waals surface area contributed by atoms with Gasteiger partial charge in [0.2, 0.25) is 11.9 Å². The van der Waals surface area contributed by atoms with Crippen LogP contribution in [0.4, 0.5) is 5.95 Å². The monoisotopic (exact) mass is 292 g/mol. The Balaban J connectivity index is 2.08. The van der Waals surface area contributed by atoms with Gasteiger partial charge in [-0.05, 0) is 17.7 Å². The maximum absolute atomic E-state index is 11.6. The van der Waals surface area contributed by atoms with Gasteiger partial charge in [0.25, 0.3) is 0 Å². The number of carbonyl (C=O) groups excluding carboxylic acids is 1. The van der Waals surface area contributed by atoms with E-state index in [1.807, 2.05) is 24.3 Å². The van der Waals surface area contributed by atoms with Crippen LogP contribution in [0.3, 0.4) is 0 Å². The predicted molar refractivity (Wildman–Crippen MR) is 65.5 cm³/mol. The maximum atomic E-state index is 11.6. The number of benzene rings is 1. The Morgan fingerprint density at radius 2 is 2.35 bits per heavy atom. The molecule has 1 aliphatic rings. The van der Waals surface area contributed by atoms with Gasteiger partial charge >= 0.3 is 0 Å². The zero-order valence-electron chi connectivity index (χ0n) is 8.80. The van der Waals surface area contributed by atoms with Gasteiger partial charge in [0, 0.05) is 4.47 Å². The molecule has 3 rings (SSSR count). The van der Waals surface area contributed by atoms with E-state index in [4.69, 9.17) is 0 Å². The van der Waals surface area contributed by atoms with Gasteiger partial charge in [0.15, 0.2) is 0 Å². The number of hydrogen-bond acceptors (Lipinski definition) is 3. The summed E-state index contributed by atoms with van der Waals surface area (Å²) in [4.78, 5) is 15.6. The molecule has 0 fully saturated rings. The summed E-state index contributed by atoms with van der Waals surface area (Å²) < 4.78 is 2.73. The highest BCUT2D eigenvalue weighted by atomic mass is 79.9. The van der Waals surface area contributed by atoms with Gasteiger partial charge in [-0.25, -0.2) is 4.68 Å². The van der Waals surface area contributed by atoms with E-state index in [0.29, 0.717) is 12.4 Å². The number of halogens is 1. The number of aromatic nitrogens is 3. The fraction of sp³-hybridized carbons (Fsp3) is 0.182. The molecule has 0 radical (unpaired) electrons. The minimum atomic E-state index is -0.0845. The summed E-state index contributed by atoms with van der Waals surface area (Å²) in [6.45, 7) is 0. The molecule has 0 bridgehead atoms. The van der Waals surface area contributed by atoms with Crippen LogP contribution in [0.25, 0.3) is 0 Å². The number of fused-ring (bicyclic) bond motifs is 1. The molecule has 0 aliphatic carbocycles. The summed E-state index contributed by atoms with van der Waals surface area (Å²) in [5.74, 6) is 0.474. The van der Waals surface area contributed by atoms with Gasteiger partial charge in [0.1, 0.15) is 6.33 Å². The van der Waals surface area contributed by atoms with E-state index in [1.54, 1.807) is 4.68 Å². The summed E-state index contributed by atoms with van der Waals surface area (Å²) in [5, 5.41) is 6.85. The Morgan fingerprint density at radius 3 is 3.18 bits per heavy atom. The van der Waals surface area contributed by atoms with Gasteiger partial charge in [-0.3, -0.25) is 10.1 Å². The Morgan fingerprint density at radius 1 is 1.47 bits per heavy atom. The highest BCUT2D eigenvalue weighted by Crippen LogP contribution is 2.29. The standard InChI is InChI=1S/C11H9BrN4O/c12-8-3-1-2-7(4-8)9-5-10(17)15-11-13-6-14-16(9)11/h1-4,6,9H,5H2,(H,13,14,15,17)/t9-/m1/s1. The molecule has 0 unspecified atom stereocenters. The SMILES string of the molecule is O=C1C[C@H](c2cccc(Br)c2)n2ncnc2N1. The Hall–Kier alpha value is -1.69. The Kier molecular flexibility index (Phi) is 2.44. The molecule has 2 aromatic rings. The summed E-state index contributed by atoms with van der Waals surface area (Å²) in [6.07, 6.45) is 1.83. The molecule has 2 heterocycles. The van der Waals surface area contributed by atoms with Crippen LogP contribution in [-0.4, -0.2) is 20.7 Å². The van der Waals surface area contributed by atoms with E-state index >= 15 is 0 Å². The van der Waals surface area contributed by atoms with Crippen LogP contribution in [0, 0.1) is 0 Å². The van der Waals surface area contributed by atoms with Crippen molar-refractivity contribution < 1.29 is 4.79 Å². The van der Waals surface area contributed by atoms with E-state index in [1.165, 1.54) is 6.33 Å². The van der Waals surface area contributed by atoms with Crippen molar-refractivity contribution in [2.45, 2.75) is 12.5 Å². The third-order valence-corrected chi connectivity index (χ3v) is 3.22. The van der Waals surface area contributed by atoms with Crippen molar-refractivity contribution in [3.63, 3.8) is 0 Å². The second-order valence-corrected chi connectivity index (χ2v) is 4.77. The van der Waals surface area contributed by atoms with E-state index < -0.39 is 0 Å². The van der Waals surface area contributed by atoms with Crippen LogP contribution in [0.2, 0.25) is 0 Å². The number of amides is 1. The molecular weight excluding hydrogens is 284 g/mol. The van der Waals surface area contributed by atoms with Crippen LogP contribution in [0.1, 0.15) is 18.0 Å². The van der Waals surface area contributed by atoms with Gasteiger partial charge in [-0.15, -0.1) is 0 Å². The number of rotatable bonds is 1. The summed E-state index contributed by atoms with van der Waals surface area (Å²) in [7, 11) is 0. The summed E-state index contributed by atoms with van der Waals surface area (Å²) >= 11 is 3.43. The van der Waals surface area contributed by atoms with E-state index in [9.17, 15) is 4.79 Å². The smallest absolute Gasteiger partial charge is 0.229 e. The zero-order chi connectivity index (χ0) is 11.8. The molecule has 1 aromatic carbocycles. The van der Waals surface area contributed by atoms with Crippen molar-refractivity contribution >= 4 is 27.8 Å². The fourth-order valence-electron chi connectivity index (χ4n) is 1.98. The number of nitrogens with zero attached hydrogens (tertiary/aromatic N) is 3. The van der Waals surface area contributed by atoms with Crippen LogP contribution in [0.15, 0.2) is 35.1 Å². The van der Waals surface area contributed by atoms with Crippen molar-refractivity contribution in [3.8, 4) is 0 Å². The summed E-state index contributed by atoms with van der Waals surface area (Å²) in [5.41, 5.74) is 1.04. The zero-order valence-corrected chi connectivity index (χ0v) is 10.4. The van der Waals surface area contributed by atoms with Crippen molar-refractivity contribution in [3.05, 3.63) is 40.6 Å². The molecular formula is C11H9BrN4O. The van der Waals surface area contributed by atoms with Crippen molar-refractivity contribution in [1.82, 2.24) is 14.8 Å². The average molecular weight is 293 g/mol. The molecule has 1 amide bonds. The molecule has 1 atom stereocenters. The minimum Gasteiger partial charge on any atom is -0.295 e. The Labute approximate surface area is 106 Å². The molecule has 6 heteroatoms. The number of hydrogen-bond donors (Lipinski definition) is 1. The molecule has 1 N–H and O–H groups in total. The quantitative estimate of drug-likeness (QED) is 0.874. The van der Waals surface area contributed by atoms with Gasteiger partial charge < -0.3 is 0 Å². The average Bonchev–Trinajstić information content (AvgIpc) is 2.75. The molecule has 1 aliphatic heterocycles. The third-order valence-electron chi connectivity index (χ3n) is 2.73. The number of anilines is 1. The minimum absolute atomic E-state index is 0.0320. The van der Waals surface area contributed by atoms with E-state index in [-0.39, 0.29) is 11.9 Å². The maximum Gasteiger partial charge on any atom is 0.229 e. The molecule has 0 spiro atoms.